The van der Waals surface area contributed by atoms with Gasteiger partial charge in [0.2, 0.25) is 0 Å². The van der Waals surface area contributed by atoms with E-state index in [1.54, 1.807) is 28.4 Å². The van der Waals surface area contributed by atoms with Gasteiger partial charge in [-0.3, -0.25) is 4.79 Å². The average Bonchev–Trinajstić information content (AvgIpc) is 2.96. The van der Waals surface area contributed by atoms with E-state index >= 15 is 0 Å². The standard InChI is InChI=1S/C30H33N3O5S/c1-35-24-11-10-21-16-23(29(34)32-25(21)17-24)19-33(18-22-7-5-6-8-26(22)36-2)30(39)31-14-13-20-9-12-27(37-3)28(15-20)38-4/h5-12,15-17H,13-14,18-19H2,1-4H3,(H,31,39)(H,32,34). The van der Waals surface area contributed by atoms with Crippen molar-refractivity contribution in [1.82, 2.24) is 15.2 Å². The Morgan fingerprint density at radius 2 is 1.56 bits per heavy atom. The molecular weight excluding hydrogens is 514 g/mol. The van der Waals surface area contributed by atoms with Gasteiger partial charge in [0.15, 0.2) is 16.6 Å². The molecule has 0 spiro atoms. The number of thiocarbonyl (C=S) groups is 1. The normalized spacial score (nSPS) is 10.7. The molecule has 0 aliphatic rings. The highest BCUT2D eigenvalue weighted by atomic mass is 32.1. The van der Waals surface area contributed by atoms with Crippen molar-refractivity contribution >= 4 is 28.2 Å². The monoisotopic (exact) mass is 547 g/mol. The van der Waals surface area contributed by atoms with Crippen LogP contribution in [0.5, 0.6) is 23.0 Å². The molecule has 39 heavy (non-hydrogen) atoms. The zero-order chi connectivity index (χ0) is 27.8. The van der Waals surface area contributed by atoms with E-state index < -0.39 is 0 Å². The Kier molecular flexibility index (Phi) is 9.27. The van der Waals surface area contributed by atoms with Gasteiger partial charge in [-0.25, -0.2) is 0 Å². The molecule has 0 bridgehead atoms. The van der Waals surface area contributed by atoms with E-state index in [0.717, 1.165) is 34.2 Å². The summed E-state index contributed by atoms with van der Waals surface area (Å²) in [5, 5.41) is 4.81. The van der Waals surface area contributed by atoms with Crippen molar-refractivity contribution in [3.8, 4) is 23.0 Å². The van der Waals surface area contributed by atoms with Crippen molar-refractivity contribution in [3.05, 3.63) is 93.8 Å². The van der Waals surface area contributed by atoms with Crippen molar-refractivity contribution in [3.63, 3.8) is 0 Å². The number of hydrogen-bond donors (Lipinski definition) is 2. The first-order valence-electron chi connectivity index (χ1n) is 12.5. The van der Waals surface area contributed by atoms with Gasteiger partial charge in [0.25, 0.3) is 5.56 Å². The lowest BCUT2D eigenvalue weighted by Gasteiger charge is -2.27. The smallest absolute Gasteiger partial charge is 0.253 e. The molecule has 204 valence electrons. The number of rotatable bonds is 11. The maximum atomic E-state index is 13.0. The highest BCUT2D eigenvalue weighted by molar-refractivity contribution is 7.80. The molecule has 0 unspecified atom stereocenters. The van der Waals surface area contributed by atoms with Crippen LogP contribution in [-0.2, 0) is 19.5 Å². The van der Waals surface area contributed by atoms with E-state index in [0.29, 0.717) is 47.6 Å². The van der Waals surface area contributed by atoms with E-state index in [1.807, 2.05) is 71.6 Å². The first-order valence-corrected chi connectivity index (χ1v) is 12.9. The fourth-order valence-corrected chi connectivity index (χ4v) is 4.61. The summed E-state index contributed by atoms with van der Waals surface area (Å²) in [6.07, 6.45) is 0.724. The van der Waals surface area contributed by atoms with Crippen molar-refractivity contribution in [2.24, 2.45) is 0 Å². The molecule has 1 aromatic heterocycles. The summed E-state index contributed by atoms with van der Waals surface area (Å²) in [5.74, 6) is 2.81. The predicted octanol–water partition coefficient (Wildman–Crippen LogP) is 4.68. The fourth-order valence-electron chi connectivity index (χ4n) is 4.38. The summed E-state index contributed by atoms with van der Waals surface area (Å²) in [6.45, 7) is 1.38. The Hall–Kier alpha value is -4.24. The number of nitrogens with zero attached hydrogens (tertiary/aromatic N) is 1. The number of nitrogens with one attached hydrogen (secondary N) is 2. The summed E-state index contributed by atoms with van der Waals surface area (Å²) in [6, 6.07) is 21.2. The first-order chi connectivity index (χ1) is 18.9. The van der Waals surface area contributed by atoms with Crippen LogP contribution in [0.15, 0.2) is 71.5 Å². The highest BCUT2D eigenvalue weighted by Crippen LogP contribution is 2.27. The minimum atomic E-state index is -0.172. The highest BCUT2D eigenvalue weighted by Gasteiger charge is 2.16. The molecule has 3 aromatic carbocycles. The van der Waals surface area contributed by atoms with Crippen LogP contribution in [0.4, 0.5) is 0 Å². The maximum absolute atomic E-state index is 13.0. The van der Waals surface area contributed by atoms with Crippen LogP contribution < -0.4 is 29.8 Å². The van der Waals surface area contributed by atoms with Crippen LogP contribution in [0.3, 0.4) is 0 Å². The molecule has 8 nitrogen and oxygen atoms in total. The molecule has 0 radical (unpaired) electrons. The minimum Gasteiger partial charge on any atom is -0.497 e. The number of hydrogen-bond acceptors (Lipinski definition) is 6. The molecule has 0 saturated heterocycles. The summed E-state index contributed by atoms with van der Waals surface area (Å²) >= 11 is 5.83. The number of ether oxygens (including phenoxy) is 4. The molecule has 9 heteroatoms. The molecule has 0 amide bonds. The van der Waals surface area contributed by atoms with Crippen molar-refractivity contribution in [2.75, 3.05) is 35.0 Å². The number of aromatic nitrogens is 1. The number of fused-ring (bicyclic) bond motifs is 1. The Balaban J connectivity index is 1.55. The van der Waals surface area contributed by atoms with Crippen LogP contribution >= 0.6 is 12.2 Å². The topological polar surface area (TPSA) is 85.1 Å². The van der Waals surface area contributed by atoms with E-state index in [1.165, 1.54) is 0 Å². The quantitative estimate of drug-likeness (QED) is 0.262. The third-order valence-corrected chi connectivity index (χ3v) is 6.87. The number of para-hydroxylation sites is 1. The maximum Gasteiger partial charge on any atom is 0.253 e. The van der Waals surface area contributed by atoms with Crippen LogP contribution in [-0.4, -0.2) is 50.0 Å². The zero-order valence-electron chi connectivity index (χ0n) is 22.6. The lowest BCUT2D eigenvalue weighted by molar-refractivity contribution is 0.354. The molecule has 2 N–H and O–H groups in total. The lowest BCUT2D eigenvalue weighted by atomic mass is 10.1. The lowest BCUT2D eigenvalue weighted by Crippen LogP contribution is -2.40. The second-order valence-corrected chi connectivity index (χ2v) is 9.30. The van der Waals surface area contributed by atoms with Gasteiger partial charge < -0.3 is 34.1 Å². The van der Waals surface area contributed by atoms with Gasteiger partial charge in [-0.1, -0.05) is 24.3 Å². The third kappa shape index (κ3) is 6.80. The SMILES string of the molecule is COc1ccc2cc(CN(Cc3ccccc3OC)C(=S)NCCc3ccc(OC)c(OC)c3)c(=O)[nH]c2c1. The first kappa shape index (κ1) is 27.8. The van der Waals surface area contributed by atoms with Gasteiger partial charge in [-0.2, -0.15) is 0 Å². The van der Waals surface area contributed by atoms with E-state index in [9.17, 15) is 4.79 Å². The van der Waals surface area contributed by atoms with Crippen LogP contribution in [0.2, 0.25) is 0 Å². The molecule has 4 rings (SSSR count). The number of benzene rings is 3. The number of methoxy groups -OCH3 is 4. The van der Waals surface area contributed by atoms with Crippen LogP contribution in [0, 0.1) is 0 Å². The number of pyridine rings is 1. The Morgan fingerprint density at radius 1 is 0.821 bits per heavy atom. The molecule has 0 saturated carbocycles. The molecule has 0 aliphatic carbocycles. The molecular formula is C30H33N3O5S. The molecule has 1 heterocycles. The summed E-state index contributed by atoms with van der Waals surface area (Å²) in [5.41, 5.74) is 3.20. The Labute approximate surface area is 233 Å². The fraction of sp³-hybridized carbons (Fsp3) is 0.267. The second-order valence-electron chi connectivity index (χ2n) is 8.92. The number of aromatic amines is 1. The average molecular weight is 548 g/mol. The summed E-state index contributed by atoms with van der Waals surface area (Å²) in [4.78, 5) is 18.0. The van der Waals surface area contributed by atoms with Gasteiger partial charge in [-0.15, -0.1) is 0 Å². The van der Waals surface area contributed by atoms with Gasteiger partial charge in [0.05, 0.1) is 40.5 Å². The molecule has 0 aliphatic heterocycles. The van der Waals surface area contributed by atoms with Crippen molar-refractivity contribution in [2.45, 2.75) is 19.5 Å². The van der Waals surface area contributed by atoms with Crippen LogP contribution in [0.25, 0.3) is 10.9 Å². The predicted molar refractivity (Wildman–Crippen MR) is 157 cm³/mol. The van der Waals surface area contributed by atoms with E-state index in [4.69, 9.17) is 31.2 Å². The van der Waals surface area contributed by atoms with Gasteiger partial charge in [0, 0.05) is 30.3 Å². The van der Waals surface area contributed by atoms with E-state index in [2.05, 4.69) is 10.3 Å². The van der Waals surface area contributed by atoms with Crippen LogP contribution in [0.1, 0.15) is 16.7 Å². The summed E-state index contributed by atoms with van der Waals surface area (Å²) < 4.78 is 21.6. The molecule has 0 fully saturated rings. The van der Waals surface area contributed by atoms with E-state index in [-0.39, 0.29) is 5.56 Å². The van der Waals surface area contributed by atoms with Gasteiger partial charge >= 0.3 is 0 Å². The minimum absolute atomic E-state index is 0.172. The Bertz CT molecular complexity index is 1500. The van der Waals surface area contributed by atoms with Gasteiger partial charge in [0.1, 0.15) is 11.5 Å². The van der Waals surface area contributed by atoms with Crippen molar-refractivity contribution < 1.29 is 18.9 Å². The number of H-pyrrole nitrogens is 1. The molecule has 4 aromatic rings. The largest absolute Gasteiger partial charge is 0.497 e. The zero-order valence-corrected chi connectivity index (χ0v) is 23.4. The van der Waals surface area contributed by atoms with Gasteiger partial charge in [-0.05, 0) is 66.0 Å². The van der Waals surface area contributed by atoms with Crippen molar-refractivity contribution in [1.29, 1.82) is 0 Å². The Morgan fingerprint density at radius 3 is 2.31 bits per heavy atom. The summed E-state index contributed by atoms with van der Waals surface area (Å²) in [7, 11) is 6.48. The second kappa shape index (κ2) is 13.0. The molecule has 0 atom stereocenters. The third-order valence-electron chi connectivity index (χ3n) is 6.47.